The normalized spacial score (nSPS) is 0. The summed E-state index contributed by atoms with van der Waals surface area (Å²) in [7, 11) is 0. The van der Waals surface area contributed by atoms with Gasteiger partial charge in [-0.05, 0) is 0 Å². The van der Waals surface area contributed by atoms with Crippen molar-refractivity contribution in [2.24, 2.45) is 0 Å². The molecular formula is H6AlO6Sc. The second-order valence-corrected chi connectivity index (χ2v) is 0. The van der Waals surface area contributed by atoms with E-state index in [2.05, 4.69) is 0 Å². The van der Waals surface area contributed by atoms with Crippen molar-refractivity contribution in [2.45, 2.75) is 0 Å². The molecule has 0 aromatic rings. The maximum Gasteiger partial charge on any atom is 3.00 e. The van der Waals surface area contributed by atoms with Gasteiger partial charge in [-0.15, -0.1) is 0 Å². The molecule has 0 saturated carbocycles. The van der Waals surface area contributed by atoms with E-state index in [1.54, 1.807) is 0 Å². The second-order valence-electron chi connectivity index (χ2n) is 0. The molecule has 0 unspecified atom stereocenters. The minimum absolute atomic E-state index is 0. The third kappa shape index (κ3) is 201. The fraction of sp³-hybridized carbons (Fsp3) is 0. The monoisotopic (exact) mass is 174 g/mol. The summed E-state index contributed by atoms with van der Waals surface area (Å²) in [4.78, 5) is 0. The number of hydrogen-bond acceptors (Lipinski definition) is 6. The minimum atomic E-state index is 0. The van der Waals surface area contributed by atoms with E-state index in [-0.39, 0.29) is 76.1 Å². The molecule has 0 bridgehead atoms. The van der Waals surface area contributed by atoms with E-state index in [1.165, 1.54) is 0 Å². The number of rotatable bonds is 0. The molecule has 6 N–H and O–H groups in total. The average Bonchev–Trinajstić information content (AvgIpc) is 0. The zero-order chi connectivity index (χ0) is 0. The Bertz CT molecular complexity index is 8.49. The molecule has 0 heterocycles. The molecule has 0 fully saturated rings. The second kappa shape index (κ2) is 310. The van der Waals surface area contributed by atoms with E-state index in [0.717, 1.165) is 0 Å². The maximum atomic E-state index is 0. The Balaban J connectivity index is 0. The van der Waals surface area contributed by atoms with Crippen molar-refractivity contribution in [1.82, 2.24) is 0 Å². The molecule has 0 saturated heterocycles. The first-order valence-corrected chi connectivity index (χ1v) is 0. The third-order valence-electron chi connectivity index (χ3n) is 0. The SMILES string of the molecule is [Al+3].[OH-].[OH-].[OH-].[OH-].[OH-].[OH-].[Sc+3]. The Labute approximate surface area is 76.0 Å². The predicted molar refractivity (Wildman–Crippen MR) is 17.4 cm³/mol. The van der Waals surface area contributed by atoms with E-state index in [1.807, 2.05) is 0 Å². The Hall–Kier alpha value is 1.16. The van der Waals surface area contributed by atoms with Gasteiger partial charge in [0.1, 0.15) is 0 Å². The largest absolute Gasteiger partial charge is 3.00 e. The van der Waals surface area contributed by atoms with Crippen LogP contribution in [0.1, 0.15) is 0 Å². The van der Waals surface area contributed by atoms with E-state index >= 15 is 0 Å². The minimum Gasteiger partial charge on any atom is -0.870 e. The first-order valence-electron chi connectivity index (χ1n) is 0. The van der Waals surface area contributed by atoms with Gasteiger partial charge in [-0.3, -0.25) is 0 Å². The van der Waals surface area contributed by atoms with Gasteiger partial charge in [0.2, 0.25) is 0 Å². The Morgan fingerprint density at radius 1 is 0.375 bits per heavy atom. The fourth-order valence-electron chi connectivity index (χ4n) is 0. The van der Waals surface area contributed by atoms with E-state index in [4.69, 9.17) is 0 Å². The van der Waals surface area contributed by atoms with Crippen LogP contribution < -0.4 is 0 Å². The molecule has 0 aromatic carbocycles. The molecular weight excluding hydrogens is 168 g/mol. The van der Waals surface area contributed by atoms with Gasteiger partial charge in [0.25, 0.3) is 0 Å². The van der Waals surface area contributed by atoms with Crippen LogP contribution in [0.3, 0.4) is 0 Å². The molecule has 8 heavy (non-hydrogen) atoms. The topological polar surface area (TPSA) is 180 Å². The summed E-state index contributed by atoms with van der Waals surface area (Å²) in [6.45, 7) is 0. The van der Waals surface area contributed by atoms with Gasteiger partial charge in [-0.1, -0.05) is 0 Å². The summed E-state index contributed by atoms with van der Waals surface area (Å²) in [6.07, 6.45) is 0. The van der Waals surface area contributed by atoms with Crippen LogP contribution in [0.15, 0.2) is 0 Å². The zero-order valence-electron chi connectivity index (χ0n) is 3.84. The first-order chi connectivity index (χ1) is 0. The van der Waals surface area contributed by atoms with E-state index < -0.39 is 0 Å². The molecule has 0 atom stereocenters. The Kier molecular flexibility index (Phi) is 17500. The quantitative estimate of drug-likeness (QED) is 0.404. The molecule has 0 aliphatic carbocycles. The van der Waals surface area contributed by atoms with Gasteiger partial charge in [0.15, 0.2) is 0 Å². The summed E-state index contributed by atoms with van der Waals surface area (Å²) in [5.74, 6) is 0. The van der Waals surface area contributed by atoms with Crippen LogP contribution in [-0.2, 0) is 25.8 Å². The molecule has 6 nitrogen and oxygen atoms in total. The molecule has 48 valence electrons. The van der Waals surface area contributed by atoms with Crippen LogP contribution in [0.2, 0.25) is 0 Å². The standard InChI is InChI=1S/Al.6H2O.Sc/h;6*1H2;/q+3;;;;;;;+3/p-6. The molecule has 0 amide bonds. The van der Waals surface area contributed by atoms with Crippen LogP contribution in [0, 0.1) is 0 Å². The van der Waals surface area contributed by atoms with Crippen LogP contribution in [-0.4, -0.2) is 50.2 Å². The van der Waals surface area contributed by atoms with Crippen LogP contribution in [0.4, 0.5) is 0 Å². The van der Waals surface area contributed by atoms with Crippen molar-refractivity contribution in [1.29, 1.82) is 0 Å². The van der Waals surface area contributed by atoms with Gasteiger partial charge in [0, 0.05) is 0 Å². The van der Waals surface area contributed by atoms with Crippen molar-refractivity contribution in [3.05, 3.63) is 0 Å². The van der Waals surface area contributed by atoms with Gasteiger partial charge in [-0.2, -0.15) is 0 Å². The molecule has 0 radical (unpaired) electrons. The summed E-state index contributed by atoms with van der Waals surface area (Å²) in [5, 5.41) is 0. The fourth-order valence-corrected chi connectivity index (χ4v) is 0. The Morgan fingerprint density at radius 3 is 0.375 bits per heavy atom. The maximum absolute atomic E-state index is 0. The molecule has 0 spiro atoms. The summed E-state index contributed by atoms with van der Waals surface area (Å²) in [5.41, 5.74) is 0. The van der Waals surface area contributed by atoms with E-state index in [9.17, 15) is 0 Å². The Morgan fingerprint density at radius 2 is 0.375 bits per heavy atom. The van der Waals surface area contributed by atoms with Crippen LogP contribution in [0.25, 0.3) is 0 Å². The number of hydrogen-bond donors (Lipinski definition) is 0. The zero-order valence-corrected chi connectivity index (χ0v) is 6.80. The van der Waals surface area contributed by atoms with Crippen molar-refractivity contribution in [3.63, 3.8) is 0 Å². The summed E-state index contributed by atoms with van der Waals surface area (Å²) < 4.78 is 0. The third-order valence-corrected chi connectivity index (χ3v) is 0. The average molecular weight is 174 g/mol. The summed E-state index contributed by atoms with van der Waals surface area (Å²) in [6, 6.07) is 0. The molecule has 0 aliphatic rings. The van der Waals surface area contributed by atoms with Gasteiger partial charge in [-0.25, -0.2) is 0 Å². The summed E-state index contributed by atoms with van der Waals surface area (Å²) >= 11 is 0. The van der Waals surface area contributed by atoms with Crippen molar-refractivity contribution < 1.29 is 58.7 Å². The van der Waals surface area contributed by atoms with Crippen molar-refractivity contribution in [3.8, 4) is 0 Å². The van der Waals surface area contributed by atoms with Crippen LogP contribution in [0.5, 0.6) is 0 Å². The van der Waals surface area contributed by atoms with Crippen molar-refractivity contribution in [2.75, 3.05) is 0 Å². The van der Waals surface area contributed by atoms with Gasteiger partial charge < -0.3 is 32.9 Å². The molecule has 0 rings (SSSR count). The first kappa shape index (κ1) is 452. The van der Waals surface area contributed by atoms with Gasteiger partial charge >= 0.3 is 43.2 Å². The molecule has 0 aromatic heterocycles. The van der Waals surface area contributed by atoms with Crippen molar-refractivity contribution >= 4 is 17.4 Å². The molecule has 0 aliphatic heterocycles. The predicted octanol–water partition coefficient (Wildman–Crippen LogP) is -1.44. The smallest absolute Gasteiger partial charge is 0.870 e. The van der Waals surface area contributed by atoms with Crippen LogP contribution >= 0.6 is 0 Å². The van der Waals surface area contributed by atoms with E-state index in [0.29, 0.717) is 0 Å². The molecule has 8 heteroatoms. The van der Waals surface area contributed by atoms with Gasteiger partial charge in [0.05, 0.1) is 0 Å².